The summed E-state index contributed by atoms with van der Waals surface area (Å²) in [5, 5.41) is 43.0. The van der Waals surface area contributed by atoms with Crippen LogP contribution in [0.15, 0.2) is 24.0 Å². The highest BCUT2D eigenvalue weighted by molar-refractivity contribution is 5.83. The molecule has 4 rings (SSSR count). The Morgan fingerprint density at radius 1 is 1.33 bits per heavy atom. The van der Waals surface area contributed by atoms with Crippen molar-refractivity contribution in [2.24, 2.45) is 0 Å². The number of nitrogens with zero attached hydrogens (tertiary/aromatic N) is 1. The van der Waals surface area contributed by atoms with Gasteiger partial charge in [-0.3, -0.25) is 9.59 Å². The lowest BCUT2D eigenvalue weighted by Gasteiger charge is -2.58. The lowest BCUT2D eigenvalue weighted by atomic mass is 9.54. The number of likely N-dealkylation sites (tertiary alicyclic amines) is 1. The molecule has 1 amide bonds. The highest BCUT2D eigenvalue weighted by Crippen LogP contribution is 2.62. The number of aliphatic hydroxyl groups is 2. The molecule has 196 valence electrons. The number of aliphatic hydroxyl groups excluding tert-OH is 1. The number of aryl methyl sites for hydroxylation is 1. The maximum absolute atomic E-state index is 12.6. The van der Waals surface area contributed by atoms with Crippen LogP contribution >= 0.6 is 0 Å². The highest BCUT2D eigenvalue weighted by Gasteiger charge is 2.69. The summed E-state index contributed by atoms with van der Waals surface area (Å²) >= 11 is 0. The van der Waals surface area contributed by atoms with E-state index in [1.165, 1.54) is 0 Å². The van der Waals surface area contributed by atoms with E-state index in [0.717, 1.165) is 11.1 Å². The number of nitrogens with one attached hydrogen (secondary N) is 1. The van der Waals surface area contributed by atoms with E-state index < -0.39 is 47.5 Å². The van der Waals surface area contributed by atoms with E-state index in [9.17, 15) is 29.7 Å². The van der Waals surface area contributed by atoms with Gasteiger partial charge >= 0.3 is 11.9 Å². The number of benzene rings is 1. The van der Waals surface area contributed by atoms with Crippen molar-refractivity contribution in [1.29, 1.82) is 0 Å². The number of carbonyl (C=O) groups is 3. The Balaban J connectivity index is 1.55. The first kappa shape index (κ1) is 25.9. The van der Waals surface area contributed by atoms with Crippen molar-refractivity contribution in [2.45, 2.75) is 68.8 Å². The van der Waals surface area contributed by atoms with E-state index in [4.69, 9.17) is 14.6 Å². The molecule has 1 aromatic carbocycles. The minimum atomic E-state index is -1.82. The van der Waals surface area contributed by atoms with E-state index in [2.05, 4.69) is 10.2 Å². The standard InChI is InChI=1S/C25H32N2O9/c1-13-4-5-15(28)21-20(13)24-9-11-27(3)14(2)25(24,34)8-6-17(22(24)36-21)35-19(31)7-10-26-18(30)12-16(29)23(32)33/h4-6,14,16,22,28-29,34H,7-12H2,1-3H3,(H,26,30)(H,32,33)/t14?,16-,22?,24?,25?/m0/s1. The fourth-order valence-electron chi connectivity index (χ4n) is 5.83. The fraction of sp³-hybridized carbons (Fsp3) is 0.560. The quantitative estimate of drug-likeness (QED) is 0.327. The maximum atomic E-state index is 12.6. The van der Waals surface area contributed by atoms with Crippen molar-refractivity contribution >= 4 is 17.8 Å². The number of carbonyl (C=O) groups excluding carboxylic acids is 2. The Bertz CT molecular complexity index is 1120. The molecule has 4 unspecified atom stereocenters. The predicted octanol–water partition coefficient (Wildman–Crippen LogP) is 0.327. The zero-order valence-corrected chi connectivity index (χ0v) is 20.5. The van der Waals surface area contributed by atoms with Crippen LogP contribution in [-0.4, -0.2) is 87.2 Å². The van der Waals surface area contributed by atoms with Crippen LogP contribution in [0.4, 0.5) is 0 Å². The van der Waals surface area contributed by atoms with Crippen LogP contribution in [0.25, 0.3) is 0 Å². The summed E-state index contributed by atoms with van der Waals surface area (Å²) < 4.78 is 11.9. The lowest BCUT2D eigenvalue weighted by Crippen LogP contribution is -2.71. The van der Waals surface area contributed by atoms with Crippen molar-refractivity contribution in [3.05, 3.63) is 35.1 Å². The van der Waals surface area contributed by atoms with Crippen LogP contribution < -0.4 is 10.1 Å². The van der Waals surface area contributed by atoms with Gasteiger partial charge in [0.25, 0.3) is 0 Å². The second-order valence-electron chi connectivity index (χ2n) is 9.85. The molecule has 11 heteroatoms. The summed E-state index contributed by atoms with van der Waals surface area (Å²) in [5.41, 5.74) is -0.605. The minimum absolute atomic E-state index is 0.0507. The SMILES string of the molecule is Cc1ccc(O)c2c1C13CCN(C)C(C)C1(O)CC=C(OC(=O)CCNC(=O)C[C@H](O)C(=O)O)C3O2. The normalized spacial score (nSPS) is 29.6. The number of hydrogen-bond acceptors (Lipinski definition) is 9. The van der Waals surface area contributed by atoms with Crippen LogP contribution in [0.2, 0.25) is 0 Å². The number of piperidine rings is 1. The Labute approximate surface area is 208 Å². The number of aromatic hydroxyl groups is 1. The van der Waals surface area contributed by atoms with Gasteiger partial charge in [-0.05, 0) is 51.6 Å². The average molecular weight is 505 g/mol. The highest BCUT2D eigenvalue weighted by atomic mass is 16.6. The zero-order valence-electron chi connectivity index (χ0n) is 20.5. The van der Waals surface area contributed by atoms with Gasteiger partial charge in [-0.1, -0.05) is 6.07 Å². The van der Waals surface area contributed by atoms with Crippen molar-refractivity contribution in [3.63, 3.8) is 0 Å². The summed E-state index contributed by atoms with van der Waals surface area (Å²) in [5.74, 6) is -2.40. The monoisotopic (exact) mass is 504 g/mol. The number of carboxylic acid groups (broad SMARTS) is 1. The molecule has 2 heterocycles. The molecule has 1 aromatic rings. The molecule has 1 aliphatic carbocycles. The van der Waals surface area contributed by atoms with Crippen LogP contribution in [0.1, 0.15) is 43.7 Å². The van der Waals surface area contributed by atoms with E-state index in [1.54, 1.807) is 18.2 Å². The zero-order chi connectivity index (χ0) is 26.4. The van der Waals surface area contributed by atoms with Gasteiger partial charge in [0.15, 0.2) is 23.7 Å². The lowest BCUT2D eigenvalue weighted by molar-refractivity contribution is -0.161. The smallest absolute Gasteiger partial charge is 0.333 e. The van der Waals surface area contributed by atoms with Crippen molar-refractivity contribution in [2.75, 3.05) is 20.1 Å². The van der Waals surface area contributed by atoms with E-state index in [-0.39, 0.29) is 42.7 Å². The molecule has 11 nitrogen and oxygen atoms in total. The van der Waals surface area contributed by atoms with Gasteiger partial charge in [0, 0.05) is 24.6 Å². The van der Waals surface area contributed by atoms with E-state index in [1.807, 2.05) is 20.9 Å². The van der Waals surface area contributed by atoms with Crippen molar-refractivity contribution in [1.82, 2.24) is 10.2 Å². The molecule has 5 atom stereocenters. The summed E-state index contributed by atoms with van der Waals surface area (Å²) in [7, 11) is 1.94. The molecule has 36 heavy (non-hydrogen) atoms. The minimum Gasteiger partial charge on any atom is -0.504 e. The Morgan fingerprint density at radius 2 is 2.06 bits per heavy atom. The molecule has 0 bridgehead atoms. The number of esters is 1. The first-order valence-electron chi connectivity index (χ1n) is 11.9. The third kappa shape index (κ3) is 4.00. The molecule has 1 saturated heterocycles. The molecule has 0 aromatic heterocycles. The first-order valence-corrected chi connectivity index (χ1v) is 11.9. The van der Waals surface area contributed by atoms with Crippen LogP contribution in [-0.2, 0) is 24.5 Å². The molecule has 0 radical (unpaired) electrons. The molecular weight excluding hydrogens is 472 g/mol. The number of carboxylic acids is 1. The van der Waals surface area contributed by atoms with Crippen LogP contribution in [0.5, 0.6) is 11.5 Å². The second kappa shape index (κ2) is 9.38. The number of phenolic OH excluding ortho intramolecular Hbond substituents is 1. The third-order valence-corrected chi connectivity index (χ3v) is 7.88. The van der Waals surface area contributed by atoms with Gasteiger partial charge in [-0.2, -0.15) is 0 Å². The molecular formula is C25H32N2O9. The molecule has 3 aliphatic rings. The van der Waals surface area contributed by atoms with E-state index in [0.29, 0.717) is 13.0 Å². The average Bonchev–Trinajstić information content (AvgIpc) is 3.19. The van der Waals surface area contributed by atoms with Crippen molar-refractivity contribution < 1.29 is 44.3 Å². The number of rotatable bonds is 7. The van der Waals surface area contributed by atoms with E-state index >= 15 is 0 Å². The van der Waals surface area contributed by atoms with Gasteiger partial charge in [0.2, 0.25) is 5.91 Å². The number of aliphatic carboxylic acids is 1. The van der Waals surface area contributed by atoms with Gasteiger partial charge in [0.1, 0.15) is 5.76 Å². The Kier molecular flexibility index (Phi) is 6.76. The fourth-order valence-corrected chi connectivity index (χ4v) is 5.83. The topological polar surface area (TPSA) is 166 Å². The van der Waals surface area contributed by atoms with Gasteiger partial charge in [-0.15, -0.1) is 0 Å². The maximum Gasteiger partial charge on any atom is 0.333 e. The molecule has 1 spiro atoms. The second-order valence-corrected chi connectivity index (χ2v) is 9.85. The van der Waals surface area contributed by atoms with Gasteiger partial charge in [0.05, 0.1) is 23.9 Å². The number of likely N-dealkylation sites (N-methyl/N-ethyl adjacent to an activating group) is 1. The van der Waals surface area contributed by atoms with Gasteiger partial charge < -0.3 is 40.1 Å². The first-order chi connectivity index (χ1) is 16.9. The Hall–Kier alpha value is -3.15. The number of amides is 1. The number of hydrogen-bond donors (Lipinski definition) is 5. The predicted molar refractivity (Wildman–Crippen MR) is 125 cm³/mol. The number of phenols is 1. The number of ether oxygens (including phenoxy) is 2. The van der Waals surface area contributed by atoms with Gasteiger partial charge in [-0.25, -0.2) is 4.79 Å². The van der Waals surface area contributed by atoms with Crippen molar-refractivity contribution in [3.8, 4) is 11.5 Å². The molecule has 2 aliphatic heterocycles. The molecule has 1 fully saturated rings. The summed E-state index contributed by atoms with van der Waals surface area (Å²) in [6.07, 6.45) is -1.11. The third-order valence-electron chi connectivity index (χ3n) is 7.88. The van der Waals surface area contributed by atoms with Crippen LogP contribution in [0.3, 0.4) is 0 Å². The van der Waals surface area contributed by atoms with Crippen LogP contribution in [0, 0.1) is 6.92 Å². The largest absolute Gasteiger partial charge is 0.504 e. The molecule has 0 saturated carbocycles. The Morgan fingerprint density at radius 3 is 2.75 bits per heavy atom. The summed E-state index contributed by atoms with van der Waals surface area (Å²) in [4.78, 5) is 37.1. The molecule has 5 N–H and O–H groups in total. The number of fused-ring (bicyclic) bond motifs is 1. The summed E-state index contributed by atoms with van der Waals surface area (Å²) in [6.45, 7) is 4.40. The summed E-state index contributed by atoms with van der Waals surface area (Å²) in [6, 6.07) is 3.08.